The van der Waals surface area contributed by atoms with Crippen molar-refractivity contribution in [3.63, 3.8) is 0 Å². The monoisotopic (exact) mass is 367 g/mol. The number of hydrogen-bond donors (Lipinski definition) is 4. The number of carbonyl (C=O) groups excluding carboxylic acids is 2. The van der Waals surface area contributed by atoms with Gasteiger partial charge in [0, 0.05) is 42.3 Å². The molecule has 3 amide bonds. The molecule has 2 atom stereocenters. The van der Waals surface area contributed by atoms with Crippen molar-refractivity contribution in [3.8, 4) is 0 Å². The number of urea groups is 1. The molecular formula is C19H23N6O2+. The fourth-order valence-corrected chi connectivity index (χ4v) is 4.60. The third-order valence-corrected chi connectivity index (χ3v) is 5.84. The van der Waals surface area contributed by atoms with Crippen LogP contribution in [-0.4, -0.2) is 40.1 Å². The van der Waals surface area contributed by atoms with E-state index in [0.29, 0.717) is 23.1 Å². The Hall–Kier alpha value is -2.87. The summed E-state index contributed by atoms with van der Waals surface area (Å²) in [5.41, 5.74) is 3.39. The molecule has 27 heavy (non-hydrogen) atoms. The summed E-state index contributed by atoms with van der Waals surface area (Å²) in [6.45, 7) is 1.92. The van der Waals surface area contributed by atoms with Gasteiger partial charge >= 0.3 is 6.03 Å². The van der Waals surface area contributed by atoms with Crippen molar-refractivity contribution in [2.24, 2.45) is 0 Å². The lowest BCUT2D eigenvalue weighted by Gasteiger charge is -2.17. The maximum Gasteiger partial charge on any atom is 0.324 e. The summed E-state index contributed by atoms with van der Waals surface area (Å²) >= 11 is 0. The molecule has 5 rings (SSSR count). The topological polar surface area (TPSA) is 107 Å². The van der Waals surface area contributed by atoms with Crippen LogP contribution in [0.2, 0.25) is 0 Å². The van der Waals surface area contributed by atoms with Gasteiger partial charge in [0.05, 0.1) is 18.3 Å². The molecule has 0 saturated carbocycles. The fraction of sp³-hybridized carbons (Fsp3) is 0.421. The van der Waals surface area contributed by atoms with Crippen LogP contribution in [-0.2, 0) is 0 Å². The SMILES string of the molecule is O=C(Nc1cc(C2CCC[NH2+]2)[nH]n1)Nc1cccc2c1C1CCCN1C2=O. The molecule has 8 nitrogen and oxygen atoms in total. The van der Waals surface area contributed by atoms with Crippen molar-refractivity contribution in [2.45, 2.75) is 37.8 Å². The van der Waals surface area contributed by atoms with Gasteiger partial charge in [0.25, 0.3) is 5.91 Å². The van der Waals surface area contributed by atoms with Gasteiger partial charge < -0.3 is 15.5 Å². The molecule has 0 radical (unpaired) electrons. The highest BCUT2D eigenvalue weighted by Crippen LogP contribution is 2.44. The minimum atomic E-state index is -0.347. The lowest BCUT2D eigenvalue weighted by molar-refractivity contribution is -0.676. The Morgan fingerprint density at radius 3 is 3.04 bits per heavy atom. The Bertz CT molecular complexity index is 901. The van der Waals surface area contributed by atoms with E-state index in [1.165, 1.54) is 6.42 Å². The lowest BCUT2D eigenvalue weighted by Crippen LogP contribution is -2.81. The first-order valence-corrected chi connectivity index (χ1v) is 9.61. The minimum Gasteiger partial charge on any atom is -0.339 e. The zero-order valence-electron chi connectivity index (χ0n) is 15.0. The molecular weight excluding hydrogens is 344 g/mol. The second kappa shape index (κ2) is 6.38. The van der Waals surface area contributed by atoms with Gasteiger partial charge in [0.1, 0.15) is 6.04 Å². The van der Waals surface area contributed by atoms with Gasteiger partial charge in [0.15, 0.2) is 5.82 Å². The molecule has 140 valence electrons. The molecule has 3 aliphatic heterocycles. The molecule has 2 saturated heterocycles. The zero-order chi connectivity index (χ0) is 18.4. The van der Waals surface area contributed by atoms with E-state index < -0.39 is 0 Å². The van der Waals surface area contributed by atoms with Crippen LogP contribution >= 0.6 is 0 Å². The Morgan fingerprint density at radius 2 is 2.19 bits per heavy atom. The molecule has 2 aromatic rings. The van der Waals surface area contributed by atoms with Crippen LogP contribution < -0.4 is 16.0 Å². The Labute approximate surface area is 156 Å². The van der Waals surface area contributed by atoms with E-state index in [1.807, 2.05) is 29.2 Å². The molecule has 4 heterocycles. The number of hydrogen-bond acceptors (Lipinski definition) is 3. The third-order valence-electron chi connectivity index (χ3n) is 5.84. The summed E-state index contributed by atoms with van der Waals surface area (Å²) in [6, 6.07) is 7.54. The van der Waals surface area contributed by atoms with Gasteiger partial charge in [-0.15, -0.1) is 0 Å². The van der Waals surface area contributed by atoms with Gasteiger partial charge in [-0.3, -0.25) is 15.2 Å². The molecule has 1 aromatic heterocycles. The van der Waals surface area contributed by atoms with Crippen LogP contribution in [0.4, 0.5) is 16.3 Å². The quantitative estimate of drug-likeness (QED) is 0.664. The highest BCUT2D eigenvalue weighted by Gasteiger charge is 2.41. The summed E-state index contributed by atoms with van der Waals surface area (Å²) < 4.78 is 0. The van der Waals surface area contributed by atoms with E-state index in [1.54, 1.807) is 0 Å². The predicted molar refractivity (Wildman–Crippen MR) is 99.5 cm³/mol. The second-order valence-corrected chi connectivity index (χ2v) is 7.48. The summed E-state index contributed by atoms with van der Waals surface area (Å²) in [7, 11) is 0. The normalized spacial score (nSPS) is 23.4. The number of H-pyrrole nitrogens is 1. The first kappa shape index (κ1) is 16.3. The number of rotatable bonds is 3. The Balaban J connectivity index is 1.32. The van der Waals surface area contributed by atoms with Crippen LogP contribution in [0.3, 0.4) is 0 Å². The number of quaternary nitrogens is 1. The average Bonchev–Trinajstić information content (AvgIpc) is 3.42. The molecule has 0 bridgehead atoms. The van der Waals surface area contributed by atoms with Crippen molar-refractivity contribution in [3.05, 3.63) is 41.1 Å². The molecule has 8 heteroatoms. The molecule has 0 spiro atoms. The number of benzene rings is 1. The number of anilines is 2. The van der Waals surface area contributed by atoms with E-state index in [4.69, 9.17) is 0 Å². The number of aromatic amines is 1. The number of fused-ring (bicyclic) bond motifs is 3. The van der Waals surface area contributed by atoms with Crippen molar-refractivity contribution in [2.75, 3.05) is 23.7 Å². The Morgan fingerprint density at radius 1 is 1.26 bits per heavy atom. The van der Waals surface area contributed by atoms with Crippen LogP contribution in [0.15, 0.2) is 24.3 Å². The molecule has 0 aliphatic carbocycles. The number of carbonyl (C=O) groups is 2. The lowest BCUT2D eigenvalue weighted by atomic mass is 10.0. The zero-order valence-corrected chi connectivity index (χ0v) is 15.0. The largest absolute Gasteiger partial charge is 0.339 e. The number of amides is 3. The fourth-order valence-electron chi connectivity index (χ4n) is 4.60. The van der Waals surface area contributed by atoms with E-state index in [0.717, 1.165) is 43.6 Å². The van der Waals surface area contributed by atoms with Crippen molar-refractivity contribution in [1.29, 1.82) is 0 Å². The molecule has 2 fully saturated rings. The van der Waals surface area contributed by atoms with Gasteiger partial charge in [-0.25, -0.2) is 4.79 Å². The number of aromatic nitrogens is 2. The first-order chi connectivity index (χ1) is 13.2. The molecule has 5 N–H and O–H groups in total. The number of nitrogens with one attached hydrogen (secondary N) is 3. The average molecular weight is 367 g/mol. The van der Waals surface area contributed by atoms with Crippen molar-refractivity contribution < 1.29 is 14.9 Å². The second-order valence-electron chi connectivity index (χ2n) is 7.48. The van der Waals surface area contributed by atoms with E-state index in [2.05, 4.69) is 26.1 Å². The van der Waals surface area contributed by atoms with Crippen LogP contribution in [0.1, 0.15) is 59.4 Å². The van der Waals surface area contributed by atoms with E-state index in [9.17, 15) is 9.59 Å². The minimum absolute atomic E-state index is 0.0707. The van der Waals surface area contributed by atoms with Gasteiger partial charge in [-0.1, -0.05) is 6.07 Å². The smallest absolute Gasteiger partial charge is 0.324 e. The summed E-state index contributed by atoms with van der Waals surface area (Å²) in [6.07, 6.45) is 4.27. The van der Waals surface area contributed by atoms with Crippen LogP contribution in [0.25, 0.3) is 0 Å². The number of nitrogens with two attached hydrogens (primary N) is 1. The highest BCUT2D eigenvalue weighted by atomic mass is 16.2. The first-order valence-electron chi connectivity index (χ1n) is 9.61. The van der Waals surface area contributed by atoms with Crippen molar-refractivity contribution >= 4 is 23.4 Å². The predicted octanol–water partition coefficient (Wildman–Crippen LogP) is 1.74. The highest BCUT2D eigenvalue weighted by molar-refractivity contribution is 6.05. The maximum absolute atomic E-state index is 12.5. The van der Waals surface area contributed by atoms with Crippen LogP contribution in [0.5, 0.6) is 0 Å². The standard InChI is InChI=1S/C19H22N6O2/c26-18-11-4-1-5-13(17(11)15-7-3-9-25(15)18)21-19(27)22-16-10-14(23-24-16)12-6-2-8-20-12/h1,4-5,10,12,15,20H,2-3,6-9H2,(H3,21,22,23,24,27)/p+1. The summed E-state index contributed by atoms with van der Waals surface area (Å²) in [4.78, 5) is 26.9. The third kappa shape index (κ3) is 2.76. The van der Waals surface area contributed by atoms with Gasteiger partial charge in [-0.05, 0) is 25.0 Å². The Kier molecular flexibility index (Phi) is 3.86. The van der Waals surface area contributed by atoms with Gasteiger partial charge in [-0.2, -0.15) is 5.10 Å². The summed E-state index contributed by atoms with van der Waals surface area (Å²) in [5, 5.41) is 15.2. The molecule has 1 aromatic carbocycles. The molecule has 3 aliphatic rings. The number of nitrogens with zero attached hydrogens (tertiary/aromatic N) is 2. The van der Waals surface area contributed by atoms with Crippen LogP contribution in [0, 0.1) is 0 Å². The molecule has 2 unspecified atom stereocenters. The maximum atomic E-state index is 12.5. The van der Waals surface area contributed by atoms with Gasteiger partial charge in [0.2, 0.25) is 0 Å². The van der Waals surface area contributed by atoms with E-state index >= 15 is 0 Å². The van der Waals surface area contributed by atoms with E-state index in [-0.39, 0.29) is 18.0 Å². The van der Waals surface area contributed by atoms with Crippen molar-refractivity contribution in [1.82, 2.24) is 15.1 Å². The summed E-state index contributed by atoms with van der Waals surface area (Å²) in [5.74, 6) is 0.579.